The van der Waals surface area contributed by atoms with Gasteiger partial charge < -0.3 is 10.2 Å². The Hall–Kier alpha value is -1.51. The Kier molecular flexibility index (Phi) is 2.39. The van der Waals surface area contributed by atoms with Gasteiger partial charge in [-0.05, 0) is 44.0 Å². The first kappa shape index (κ1) is 10.0. The van der Waals surface area contributed by atoms with Crippen LogP contribution in [0.2, 0.25) is 0 Å². The van der Waals surface area contributed by atoms with E-state index in [1.54, 1.807) is 0 Å². The number of nitrogens with one attached hydrogen (secondary N) is 1. The van der Waals surface area contributed by atoms with E-state index in [0.717, 1.165) is 17.9 Å². The smallest absolute Gasteiger partial charge is 0.246 e. The molecule has 0 spiro atoms. The van der Waals surface area contributed by atoms with Gasteiger partial charge in [0.2, 0.25) is 5.91 Å². The van der Waals surface area contributed by atoms with Gasteiger partial charge >= 0.3 is 0 Å². The van der Waals surface area contributed by atoms with Crippen LogP contribution in [0.1, 0.15) is 18.1 Å². The summed E-state index contributed by atoms with van der Waals surface area (Å²) in [4.78, 5) is 13.5. The van der Waals surface area contributed by atoms with E-state index >= 15 is 0 Å². The molecule has 0 saturated carbocycles. The molecular weight excluding hydrogens is 188 g/mol. The van der Waals surface area contributed by atoms with Crippen LogP contribution < -0.4 is 10.2 Å². The lowest BCUT2D eigenvalue weighted by Gasteiger charge is -2.30. The van der Waals surface area contributed by atoms with E-state index < -0.39 is 0 Å². The van der Waals surface area contributed by atoms with Crippen LogP contribution in [0.4, 0.5) is 11.4 Å². The van der Waals surface area contributed by atoms with Gasteiger partial charge in [0, 0.05) is 6.54 Å². The van der Waals surface area contributed by atoms with E-state index in [1.165, 1.54) is 11.1 Å². The minimum atomic E-state index is 0.147. The van der Waals surface area contributed by atoms with Crippen molar-refractivity contribution < 1.29 is 4.79 Å². The maximum atomic E-state index is 11.6. The highest BCUT2D eigenvalue weighted by atomic mass is 16.2. The van der Waals surface area contributed by atoms with E-state index in [2.05, 4.69) is 31.3 Å². The van der Waals surface area contributed by atoms with E-state index in [0.29, 0.717) is 6.54 Å². The fourth-order valence-corrected chi connectivity index (χ4v) is 1.91. The van der Waals surface area contributed by atoms with Gasteiger partial charge in [-0.1, -0.05) is 0 Å². The van der Waals surface area contributed by atoms with Crippen LogP contribution in [0.5, 0.6) is 0 Å². The Morgan fingerprint density at radius 1 is 1.33 bits per heavy atom. The van der Waals surface area contributed by atoms with Crippen molar-refractivity contribution >= 4 is 17.3 Å². The third kappa shape index (κ3) is 1.58. The average molecular weight is 204 g/mol. The Morgan fingerprint density at radius 3 is 2.67 bits per heavy atom. The molecule has 1 aromatic carbocycles. The van der Waals surface area contributed by atoms with Gasteiger partial charge in [-0.2, -0.15) is 0 Å². The van der Waals surface area contributed by atoms with Crippen LogP contribution in [-0.2, 0) is 4.79 Å². The molecule has 0 bridgehead atoms. The maximum Gasteiger partial charge on any atom is 0.246 e. The molecule has 0 radical (unpaired) electrons. The van der Waals surface area contributed by atoms with Gasteiger partial charge in [0.25, 0.3) is 0 Å². The van der Waals surface area contributed by atoms with Crippen LogP contribution >= 0.6 is 0 Å². The first-order chi connectivity index (χ1) is 7.13. The minimum absolute atomic E-state index is 0.147. The van der Waals surface area contributed by atoms with Gasteiger partial charge in [-0.25, -0.2) is 0 Å². The van der Waals surface area contributed by atoms with Crippen molar-refractivity contribution in [3.63, 3.8) is 0 Å². The number of amides is 1. The van der Waals surface area contributed by atoms with Crippen molar-refractivity contribution in [1.82, 2.24) is 0 Å². The van der Waals surface area contributed by atoms with Gasteiger partial charge in [-0.15, -0.1) is 0 Å². The summed E-state index contributed by atoms with van der Waals surface area (Å²) in [5.74, 6) is 0.147. The summed E-state index contributed by atoms with van der Waals surface area (Å²) in [6.07, 6.45) is 0. The summed E-state index contributed by atoms with van der Waals surface area (Å²) >= 11 is 0. The van der Waals surface area contributed by atoms with Crippen LogP contribution in [0.15, 0.2) is 12.1 Å². The van der Waals surface area contributed by atoms with Crippen molar-refractivity contribution in [2.45, 2.75) is 20.8 Å². The third-order valence-corrected chi connectivity index (χ3v) is 2.95. The molecule has 3 heteroatoms. The van der Waals surface area contributed by atoms with Crippen molar-refractivity contribution in [1.29, 1.82) is 0 Å². The SMILES string of the molecule is CCN1C(=O)CNc2cc(C)c(C)cc21. The number of anilines is 2. The van der Waals surface area contributed by atoms with E-state index in [4.69, 9.17) is 0 Å². The van der Waals surface area contributed by atoms with Crippen molar-refractivity contribution in [2.24, 2.45) is 0 Å². The van der Waals surface area contributed by atoms with E-state index in [9.17, 15) is 4.79 Å². The monoisotopic (exact) mass is 204 g/mol. The molecule has 1 aliphatic rings. The van der Waals surface area contributed by atoms with Gasteiger partial charge in [0.1, 0.15) is 0 Å². The predicted molar refractivity (Wildman–Crippen MR) is 62.4 cm³/mol. The lowest BCUT2D eigenvalue weighted by atomic mass is 10.1. The highest BCUT2D eigenvalue weighted by Gasteiger charge is 2.22. The first-order valence-corrected chi connectivity index (χ1v) is 5.29. The molecule has 80 valence electrons. The molecular formula is C12H16N2O. The summed E-state index contributed by atoms with van der Waals surface area (Å²) in [5.41, 5.74) is 4.56. The topological polar surface area (TPSA) is 32.3 Å². The fraction of sp³-hybridized carbons (Fsp3) is 0.417. The molecule has 0 saturated heterocycles. The molecule has 1 aromatic rings. The highest BCUT2D eigenvalue weighted by molar-refractivity contribution is 6.02. The maximum absolute atomic E-state index is 11.6. The lowest BCUT2D eigenvalue weighted by molar-refractivity contribution is -0.117. The standard InChI is InChI=1S/C12H16N2O/c1-4-14-11-6-9(3)8(2)5-10(11)13-7-12(14)15/h5-6,13H,4,7H2,1-3H3. The molecule has 1 amide bonds. The van der Waals surface area contributed by atoms with Crippen molar-refractivity contribution in [2.75, 3.05) is 23.3 Å². The first-order valence-electron chi connectivity index (χ1n) is 5.29. The molecule has 0 atom stereocenters. The molecule has 2 rings (SSSR count). The number of nitrogens with zero attached hydrogens (tertiary/aromatic N) is 1. The summed E-state index contributed by atoms with van der Waals surface area (Å²) in [7, 11) is 0. The Morgan fingerprint density at radius 2 is 2.00 bits per heavy atom. The summed E-state index contributed by atoms with van der Waals surface area (Å²) in [5, 5.41) is 3.15. The van der Waals surface area contributed by atoms with E-state index in [1.807, 2.05) is 11.8 Å². The van der Waals surface area contributed by atoms with Gasteiger partial charge in [-0.3, -0.25) is 4.79 Å². The highest BCUT2D eigenvalue weighted by Crippen LogP contribution is 2.31. The number of fused-ring (bicyclic) bond motifs is 1. The quantitative estimate of drug-likeness (QED) is 0.759. The second-order valence-electron chi connectivity index (χ2n) is 3.95. The summed E-state index contributed by atoms with van der Waals surface area (Å²) < 4.78 is 0. The molecule has 1 aliphatic heterocycles. The molecule has 0 unspecified atom stereocenters. The second kappa shape index (κ2) is 3.57. The molecule has 3 nitrogen and oxygen atoms in total. The second-order valence-corrected chi connectivity index (χ2v) is 3.95. The minimum Gasteiger partial charge on any atom is -0.374 e. The molecule has 0 aromatic heterocycles. The average Bonchev–Trinajstić information content (AvgIpc) is 2.21. The molecule has 0 aliphatic carbocycles. The lowest BCUT2D eigenvalue weighted by Crippen LogP contribution is -2.39. The van der Waals surface area contributed by atoms with Crippen LogP contribution in [0, 0.1) is 13.8 Å². The Labute approximate surface area is 90.1 Å². The van der Waals surface area contributed by atoms with E-state index in [-0.39, 0.29) is 5.91 Å². The predicted octanol–water partition coefficient (Wildman–Crippen LogP) is 2.08. The molecule has 1 heterocycles. The number of aryl methyl sites for hydroxylation is 2. The largest absolute Gasteiger partial charge is 0.374 e. The van der Waals surface area contributed by atoms with Crippen LogP contribution in [-0.4, -0.2) is 19.0 Å². The molecule has 15 heavy (non-hydrogen) atoms. The number of hydrogen-bond acceptors (Lipinski definition) is 2. The zero-order chi connectivity index (χ0) is 11.0. The molecule has 1 N–H and O–H groups in total. The number of likely N-dealkylation sites (N-methyl/N-ethyl adjacent to an activating group) is 1. The number of carbonyl (C=O) groups is 1. The number of rotatable bonds is 1. The Balaban J connectivity index is 2.53. The van der Waals surface area contributed by atoms with Gasteiger partial charge in [0.05, 0.1) is 17.9 Å². The summed E-state index contributed by atoms with van der Waals surface area (Å²) in [6.45, 7) is 7.30. The number of hydrogen-bond donors (Lipinski definition) is 1. The normalized spacial score (nSPS) is 14.9. The van der Waals surface area contributed by atoms with Crippen LogP contribution in [0.3, 0.4) is 0 Å². The zero-order valence-electron chi connectivity index (χ0n) is 9.42. The van der Waals surface area contributed by atoms with Crippen molar-refractivity contribution in [3.05, 3.63) is 23.3 Å². The number of benzene rings is 1. The molecule has 0 fully saturated rings. The van der Waals surface area contributed by atoms with Crippen molar-refractivity contribution in [3.8, 4) is 0 Å². The number of carbonyl (C=O) groups excluding carboxylic acids is 1. The zero-order valence-corrected chi connectivity index (χ0v) is 9.42. The summed E-state index contributed by atoms with van der Waals surface area (Å²) in [6, 6.07) is 4.19. The third-order valence-electron chi connectivity index (χ3n) is 2.95. The fourth-order valence-electron chi connectivity index (χ4n) is 1.91. The Bertz CT molecular complexity index is 412. The van der Waals surface area contributed by atoms with Gasteiger partial charge in [0.15, 0.2) is 0 Å². The van der Waals surface area contributed by atoms with Crippen LogP contribution in [0.25, 0.3) is 0 Å².